The highest BCUT2D eigenvalue weighted by atomic mass is 35.5. The van der Waals surface area contributed by atoms with Gasteiger partial charge < -0.3 is 10.1 Å². The molecule has 2 aromatic rings. The van der Waals surface area contributed by atoms with E-state index in [2.05, 4.69) is 30.0 Å². The Morgan fingerprint density at radius 1 is 1.00 bits per heavy atom. The minimum Gasteiger partial charge on any atom is -0.484 e. The molecule has 138 valence electrons. The second-order valence-corrected chi connectivity index (χ2v) is 6.58. The van der Waals surface area contributed by atoms with Gasteiger partial charge in [-0.3, -0.25) is 10.2 Å². The van der Waals surface area contributed by atoms with Gasteiger partial charge in [-0.05, 0) is 41.8 Å². The molecule has 0 atom stereocenters. The van der Waals surface area contributed by atoms with Gasteiger partial charge in [-0.25, -0.2) is 10.2 Å². The van der Waals surface area contributed by atoms with Crippen molar-refractivity contribution in [1.29, 1.82) is 0 Å². The number of carbonyl (C=O) groups is 2. The zero-order valence-electron chi connectivity index (χ0n) is 14.3. The van der Waals surface area contributed by atoms with Crippen LogP contribution in [0.4, 0.5) is 10.5 Å². The summed E-state index contributed by atoms with van der Waals surface area (Å²) in [5, 5.41) is 3.20. The number of carbonyl (C=O) groups excluding carboxylic acids is 2. The maximum absolute atomic E-state index is 11.7. The van der Waals surface area contributed by atoms with Gasteiger partial charge in [0, 0.05) is 5.69 Å². The quantitative estimate of drug-likeness (QED) is 0.658. The number of amides is 3. The zero-order chi connectivity index (χ0) is 19.1. The maximum atomic E-state index is 11.7. The van der Waals surface area contributed by atoms with Crippen LogP contribution in [0.25, 0.3) is 0 Å². The highest BCUT2D eigenvalue weighted by Gasteiger charge is 2.07. The van der Waals surface area contributed by atoms with Gasteiger partial charge in [-0.2, -0.15) is 0 Å². The van der Waals surface area contributed by atoms with Crippen LogP contribution in [0, 0.1) is 0 Å². The molecule has 0 aromatic heterocycles. The normalized spacial score (nSPS) is 10.3. The Morgan fingerprint density at radius 3 is 2.31 bits per heavy atom. The summed E-state index contributed by atoms with van der Waals surface area (Å²) in [6, 6.07) is 11.5. The van der Waals surface area contributed by atoms with E-state index in [0.717, 1.165) is 0 Å². The number of halogens is 2. The van der Waals surface area contributed by atoms with Crippen LogP contribution < -0.4 is 20.9 Å². The lowest BCUT2D eigenvalue weighted by molar-refractivity contribution is -0.123. The first kappa shape index (κ1) is 19.9. The third kappa shape index (κ3) is 6.13. The summed E-state index contributed by atoms with van der Waals surface area (Å²) in [7, 11) is 0. The zero-order valence-corrected chi connectivity index (χ0v) is 15.8. The average molecular weight is 396 g/mol. The van der Waals surface area contributed by atoms with E-state index in [9.17, 15) is 9.59 Å². The molecule has 0 unspecified atom stereocenters. The van der Waals surface area contributed by atoms with Crippen molar-refractivity contribution >= 4 is 40.8 Å². The molecule has 0 heterocycles. The maximum Gasteiger partial charge on any atom is 0.337 e. The van der Waals surface area contributed by atoms with E-state index in [4.69, 9.17) is 27.9 Å². The number of hydrazine groups is 1. The number of rotatable bonds is 5. The van der Waals surface area contributed by atoms with Crippen LogP contribution in [0.15, 0.2) is 42.5 Å². The lowest BCUT2D eigenvalue weighted by Crippen LogP contribution is -2.45. The molecule has 2 rings (SSSR count). The summed E-state index contributed by atoms with van der Waals surface area (Å²) < 4.78 is 5.37. The van der Waals surface area contributed by atoms with E-state index >= 15 is 0 Å². The molecule has 0 fully saturated rings. The largest absolute Gasteiger partial charge is 0.484 e. The lowest BCUT2D eigenvalue weighted by atomic mass is 10.0. The molecule has 0 aliphatic rings. The Balaban J connectivity index is 1.73. The number of ether oxygens (including phenoxy) is 1. The number of nitrogens with one attached hydrogen (secondary N) is 3. The molecule has 6 nitrogen and oxygen atoms in total. The van der Waals surface area contributed by atoms with Crippen molar-refractivity contribution < 1.29 is 14.3 Å². The summed E-state index contributed by atoms with van der Waals surface area (Å²) in [6.45, 7) is 3.96. The Kier molecular flexibility index (Phi) is 7.12. The van der Waals surface area contributed by atoms with Gasteiger partial charge in [0.1, 0.15) is 5.75 Å². The Bertz CT molecular complexity index is 780. The van der Waals surface area contributed by atoms with Gasteiger partial charge in [0.2, 0.25) is 0 Å². The second kappa shape index (κ2) is 9.31. The molecule has 0 saturated heterocycles. The second-order valence-electron chi connectivity index (χ2n) is 5.77. The number of urea groups is 1. The molecule has 0 spiro atoms. The Morgan fingerprint density at radius 2 is 1.69 bits per heavy atom. The molecule has 0 bridgehead atoms. The number of hydrogen-bond acceptors (Lipinski definition) is 3. The van der Waals surface area contributed by atoms with E-state index in [-0.39, 0.29) is 6.61 Å². The van der Waals surface area contributed by atoms with Gasteiger partial charge in [-0.15, -0.1) is 0 Å². The molecular formula is C18H19Cl2N3O3. The number of benzene rings is 2. The van der Waals surface area contributed by atoms with E-state index < -0.39 is 11.9 Å². The average Bonchev–Trinajstić information content (AvgIpc) is 2.61. The van der Waals surface area contributed by atoms with E-state index in [1.165, 1.54) is 11.6 Å². The van der Waals surface area contributed by atoms with E-state index in [0.29, 0.717) is 27.4 Å². The summed E-state index contributed by atoms with van der Waals surface area (Å²) in [5.41, 5.74) is 6.08. The summed E-state index contributed by atoms with van der Waals surface area (Å²) in [6.07, 6.45) is 0. The first-order valence-corrected chi connectivity index (χ1v) is 8.64. The van der Waals surface area contributed by atoms with Gasteiger partial charge in [0.15, 0.2) is 6.61 Å². The van der Waals surface area contributed by atoms with Gasteiger partial charge in [-0.1, -0.05) is 49.2 Å². The summed E-state index contributed by atoms with van der Waals surface area (Å²) >= 11 is 11.7. The van der Waals surface area contributed by atoms with Gasteiger partial charge >= 0.3 is 6.03 Å². The molecule has 0 aliphatic carbocycles. The molecule has 3 N–H and O–H groups in total. The van der Waals surface area contributed by atoms with E-state index in [1.807, 2.05) is 12.1 Å². The van der Waals surface area contributed by atoms with Crippen LogP contribution in [-0.2, 0) is 4.79 Å². The van der Waals surface area contributed by atoms with Crippen LogP contribution in [0.1, 0.15) is 25.3 Å². The predicted molar refractivity (Wildman–Crippen MR) is 103 cm³/mol. The molecule has 0 radical (unpaired) electrons. The number of anilines is 1. The fourth-order valence-corrected chi connectivity index (χ4v) is 2.29. The number of hydrogen-bond donors (Lipinski definition) is 3. The third-order valence-electron chi connectivity index (χ3n) is 3.41. The van der Waals surface area contributed by atoms with Crippen molar-refractivity contribution in [3.05, 3.63) is 58.1 Å². The highest BCUT2D eigenvalue weighted by Crippen LogP contribution is 2.24. The molecule has 26 heavy (non-hydrogen) atoms. The smallest absolute Gasteiger partial charge is 0.337 e. The first-order valence-electron chi connectivity index (χ1n) is 7.89. The van der Waals surface area contributed by atoms with Gasteiger partial charge in [0.25, 0.3) is 5.91 Å². The van der Waals surface area contributed by atoms with Crippen LogP contribution in [0.3, 0.4) is 0 Å². The van der Waals surface area contributed by atoms with Crippen LogP contribution >= 0.6 is 23.2 Å². The van der Waals surface area contributed by atoms with Crippen molar-refractivity contribution in [3.8, 4) is 5.75 Å². The van der Waals surface area contributed by atoms with Crippen molar-refractivity contribution in [3.63, 3.8) is 0 Å². The van der Waals surface area contributed by atoms with Crippen LogP contribution in [0.5, 0.6) is 5.75 Å². The SMILES string of the molecule is CC(C)c1ccc(OCC(=O)NNC(=O)Nc2ccc(Cl)c(Cl)c2)cc1. The first-order chi connectivity index (χ1) is 12.3. The third-order valence-corrected chi connectivity index (χ3v) is 4.15. The van der Waals surface area contributed by atoms with Crippen molar-refractivity contribution in [2.24, 2.45) is 0 Å². The molecule has 0 saturated carbocycles. The fraction of sp³-hybridized carbons (Fsp3) is 0.222. The van der Waals surface area contributed by atoms with E-state index in [1.54, 1.807) is 24.3 Å². The molecule has 0 aliphatic heterocycles. The predicted octanol–water partition coefficient (Wildman–Crippen LogP) is 4.35. The van der Waals surface area contributed by atoms with Crippen LogP contribution in [-0.4, -0.2) is 18.5 Å². The highest BCUT2D eigenvalue weighted by molar-refractivity contribution is 6.42. The fourth-order valence-electron chi connectivity index (χ4n) is 2.00. The topological polar surface area (TPSA) is 79.5 Å². The molecule has 8 heteroatoms. The van der Waals surface area contributed by atoms with Crippen molar-refractivity contribution in [1.82, 2.24) is 10.9 Å². The monoisotopic (exact) mass is 395 g/mol. The molecule has 3 amide bonds. The summed E-state index contributed by atoms with van der Waals surface area (Å²) in [4.78, 5) is 23.5. The van der Waals surface area contributed by atoms with Crippen LogP contribution in [0.2, 0.25) is 10.0 Å². The Labute approximate surface area is 161 Å². The standard InChI is InChI=1S/C18H19Cl2N3O3/c1-11(2)12-3-6-14(7-4-12)26-10-17(24)22-23-18(25)21-13-5-8-15(19)16(20)9-13/h3-9,11H,10H2,1-2H3,(H,22,24)(H2,21,23,25). The summed E-state index contributed by atoms with van der Waals surface area (Å²) in [5.74, 6) is 0.498. The molecular weight excluding hydrogens is 377 g/mol. The van der Waals surface area contributed by atoms with Gasteiger partial charge in [0.05, 0.1) is 10.0 Å². The minimum atomic E-state index is -0.627. The Hall–Kier alpha value is -2.44. The lowest BCUT2D eigenvalue weighted by Gasteiger charge is -2.11. The minimum absolute atomic E-state index is 0.228. The van der Waals surface area contributed by atoms with Crippen molar-refractivity contribution in [2.45, 2.75) is 19.8 Å². The van der Waals surface area contributed by atoms with Crippen molar-refractivity contribution in [2.75, 3.05) is 11.9 Å². The molecule has 2 aromatic carbocycles.